The second-order valence-corrected chi connectivity index (χ2v) is 13.4. The van der Waals surface area contributed by atoms with Gasteiger partial charge in [0.2, 0.25) is 16.0 Å². The molecule has 0 saturated carbocycles. The molecule has 1 aromatic heterocycles. The molecule has 0 aliphatic rings. The van der Waals surface area contributed by atoms with Crippen molar-refractivity contribution in [1.82, 2.24) is 9.97 Å². The van der Waals surface area contributed by atoms with E-state index in [2.05, 4.69) is 19.6 Å². The van der Waals surface area contributed by atoms with E-state index in [0.29, 0.717) is 16.8 Å². The number of rotatable bonds is 19. The van der Waals surface area contributed by atoms with Crippen molar-refractivity contribution in [3.05, 3.63) is 67.6 Å². The van der Waals surface area contributed by atoms with Crippen LogP contribution >= 0.6 is 0 Å². The molecule has 0 saturated heterocycles. The Hall–Kier alpha value is -4.49. The summed E-state index contributed by atoms with van der Waals surface area (Å²) < 4.78 is 44.2. The van der Waals surface area contributed by atoms with E-state index in [-0.39, 0.29) is 37.0 Å². The number of aromatic nitrogens is 2. The minimum absolute atomic E-state index is 0.0204. The van der Waals surface area contributed by atoms with E-state index in [1.54, 1.807) is 0 Å². The van der Waals surface area contributed by atoms with E-state index in [4.69, 9.17) is 4.74 Å². The van der Waals surface area contributed by atoms with Crippen molar-refractivity contribution in [3.8, 4) is 11.3 Å². The minimum Gasteiger partial charge on any atom is -0.466 e. The Kier molecular flexibility index (Phi) is 14.6. The Morgan fingerprint density at radius 2 is 1.67 bits per heavy atom. The fourth-order valence-electron chi connectivity index (χ4n) is 4.57. The maximum Gasteiger partial charge on any atom is 0.308 e. The van der Waals surface area contributed by atoms with Crippen LogP contribution in [0.4, 0.5) is 10.3 Å². The highest BCUT2D eigenvalue weighted by molar-refractivity contribution is 7.92. The molecule has 0 fully saturated rings. The number of carbonyl (C=O) groups is 1. The molecule has 1 heterocycles. The summed E-state index contributed by atoms with van der Waals surface area (Å²) in [6, 6.07) is 5.36. The lowest BCUT2D eigenvalue weighted by Gasteiger charge is -2.25. The van der Waals surface area contributed by atoms with Crippen LogP contribution in [-0.2, 0) is 29.2 Å². The fourth-order valence-corrected chi connectivity index (χ4v) is 4.94. The van der Waals surface area contributed by atoms with Crippen LogP contribution in [0.25, 0.3) is 17.3 Å². The molecule has 0 spiro atoms. The summed E-state index contributed by atoms with van der Waals surface area (Å²) in [7, 11) is -2.43. The number of sulfonamides is 1. The molecular formula is C29H40FN5O12S. The topological polar surface area (TPSA) is 235 Å². The van der Waals surface area contributed by atoms with Gasteiger partial charge in [-0.05, 0) is 49.4 Å². The van der Waals surface area contributed by atoms with E-state index < -0.39 is 68.7 Å². The number of ether oxygens (including phenoxy) is 1. The van der Waals surface area contributed by atoms with Gasteiger partial charge in [0.15, 0.2) is 0 Å². The van der Waals surface area contributed by atoms with E-state index in [0.717, 1.165) is 10.6 Å². The molecule has 0 radical (unpaired) electrons. The largest absolute Gasteiger partial charge is 0.466 e. The zero-order valence-electron chi connectivity index (χ0n) is 27.3. The third-order valence-corrected chi connectivity index (χ3v) is 8.29. The van der Waals surface area contributed by atoms with Gasteiger partial charge in [-0.25, -0.2) is 27.1 Å². The molecule has 2 N–H and O–H groups in total. The molecule has 19 heteroatoms. The molecular weight excluding hydrogens is 661 g/mol. The number of carbonyl (C=O) groups excluding carboxylic acids is 1. The second-order valence-electron chi connectivity index (χ2n) is 11.4. The molecule has 2 aromatic rings. The molecule has 2 rings (SSSR count). The van der Waals surface area contributed by atoms with Crippen LogP contribution in [0.5, 0.6) is 0 Å². The lowest BCUT2D eigenvalue weighted by Crippen LogP contribution is -2.38. The third kappa shape index (κ3) is 12.3. The lowest BCUT2D eigenvalue weighted by molar-refractivity contribution is -0.799. The van der Waals surface area contributed by atoms with Crippen LogP contribution in [0, 0.1) is 32.0 Å². The van der Waals surface area contributed by atoms with Crippen molar-refractivity contribution in [3.63, 3.8) is 0 Å². The Morgan fingerprint density at radius 1 is 1.06 bits per heavy atom. The first-order valence-corrected chi connectivity index (χ1v) is 16.6. The summed E-state index contributed by atoms with van der Waals surface area (Å²) in [6.45, 7) is 6.12. The number of hydrogen-bond acceptors (Lipinski definition) is 14. The number of nitrogens with zero attached hydrogens (tertiary/aromatic N) is 5. The Labute approximate surface area is 276 Å². The summed E-state index contributed by atoms with van der Waals surface area (Å²) in [5, 5.41) is 40.3. The van der Waals surface area contributed by atoms with Gasteiger partial charge in [-0.1, -0.05) is 32.9 Å². The van der Waals surface area contributed by atoms with E-state index >= 15 is 0 Å². The quantitative estimate of drug-likeness (QED) is 0.122. The number of hydrogen-bond donors (Lipinski definition) is 2. The SMILES string of the molecule is CC(C)c1nc(N(C)S(C)(=O)=O)nc(-c2ccc(F)cc2)c1/C=C/[C@@H](O)C[C@@H](O)CC(=O)OCCC(C)C(O[N+](=O)[O-])C(C)O[N+](=O)[O-]. The molecule has 0 amide bonds. The molecule has 5 atom stereocenters. The summed E-state index contributed by atoms with van der Waals surface area (Å²) in [4.78, 5) is 51.5. The van der Waals surface area contributed by atoms with Gasteiger partial charge in [0.25, 0.3) is 10.2 Å². The number of aliphatic hydroxyl groups excluding tert-OH is 2. The summed E-state index contributed by atoms with van der Waals surface area (Å²) in [5.74, 6) is -2.38. The van der Waals surface area contributed by atoms with Crippen molar-refractivity contribution in [2.75, 3.05) is 24.2 Å². The molecule has 17 nitrogen and oxygen atoms in total. The fraction of sp³-hybridized carbons (Fsp3) is 0.552. The highest BCUT2D eigenvalue weighted by Gasteiger charge is 2.30. The van der Waals surface area contributed by atoms with Crippen LogP contribution in [0.1, 0.15) is 64.1 Å². The van der Waals surface area contributed by atoms with E-state index in [1.807, 2.05) is 13.8 Å². The third-order valence-electron chi connectivity index (χ3n) is 7.13. The van der Waals surface area contributed by atoms with Crippen LogP contribution in [0.2, 0.25) is 0 Å². The highest BCUT2D eigenvalue weighted by Crippen LogP contribution is 2.32. The molecule has 1 aromatic carbocycles. The van der Waals surface area contributed by atoms with Crippen molar-refractivity contribution < 1.29 is 52.4 Å². The van der Waals surface area contributed by atoms with Gasteiger partial charge in [-0.3, -0.25) is 4.79 Å². The smallest absolute Gasteiger partial charge is 0.308 e. The van der Waals surface area contributed by atoms with Crippen LogP contribution in [-0.4, -0.2) is 89.1 Å². The number of anilines is 1. The van der Waals surface area contributed by atoms with E-state index in [1.165, 1.54) is 57.3 Å². The van der Waals surface area contributed by atoms with Crippen molar-refractivity contribution in [1.29, 1.82) is 0 Å². The predicted molar refractivity (Wildman–Crippen MR) is 169 cm³/mol. The van der Waals surface area contributed by atoms with Gasteiger partial charge in [0.05, 0.1) is 42.9 Å². The first-order valence-electron chi connectivity index (χ1n) is 14.7. The molecule has 3 unspecified atom stereocenters. The standard InChI is InChI=1S/C29H40FN5O12S/c1-17(2)26-24(27(20-7-9-21(30)10-8-20)32-29(31-26)33(5)48(6,43)44)12-11-22(36)15-23(37)16-25(38)45-14-13-18(3)28(47-35(41)42)19(4)46-34(39)40/h7-12,17-19,22-23,28,36-37H,13-16H2,1-6H3/b12-11+/t18?,19?,22-,23-,28?/m1/s1. The summed E-state index contributed by atoms with van der Waals surface area (Å²) in [5.41, 5.74) is 1.57. The zero-order chi connectivity index (χ0) is 36.3. The van der Waals surface area contributed by atoms with Gasteiger partial charge in [-0.15, -0.1) is 20.2 Å². The van der Waals surface area contributed by atoms with Gasteiger partial charge >= 0.3 is 5.97 Å². The summed E-state index contributed by atoms with van der Waals surface area (Å²) in [6.07, 6.45) is -2.12. The molecule has 0 aliphatic carbocycles. The van der Waals surface area contributed by atoms with Crippen LogP contribution in [0.15, 0.2) is 30.3 Å². The lowest BCUT2D eigenvalue weighted by atomic mass is 9.97. The van der Waals surface area contributed by atoms with E-state index in [9.17, 15) is 48.0 Å². The Morgan fingerprint density at radius 3 is 2.21 bits per heavy atom. The molecule has 0 bridgehead atoms. The Balaban J connectivity index is 2.14. The summed E-state index contributed by atoms with van der Waals surface area (Å²) >= 11 is 0. The van der Waals surface area contributed by atoms with Gasteiger partial charge in [0.1, 0.15) is 18.0 Å². The van der Waals surface area contributed by atoms with Crippen molar-refractivity contribution in [2.45, 2.75) is 77.3 Å². The zero-order valence-corrected chi connectivity index (χ0v) is 28.1. The number of aliphatic hydroxyl groups is 2. The molecule has 0 aliphatic heterocycles. The highest BCUT2D eigenvalue weighted by atomic mass is 32.2. The maximum atomic E-state index is 13.7. The van der Waals surface area contributed by atoms with Crippen molar-refractivity contribution in [2.24, 2.45) is 5.92 Å². The maximum absolute atomic E-state index is 13.7. The molecule has 266 valence electrons. The first-order chi connectivity index (χ1) is 22.3. The van der Waals surface area contributed by atoms with Gasteiger partial charge < -0.3 is 24.6 Å². The van der Waals surface area contributed by atoms with Gasteiger partial charge in [-0.2, -0.15) is 0 Å². The number of halogens is 1. The number of benzene rings is 1. The predicted octanol–water partition coefficient (Wildman–Crippen LogP) is 3.06. The van der Waals surface area contributed by atoms with Crippen LogP contribution < -0.4 is 4.31 Å². The average Bonchev–Trinajstić information content (AvgIpc) is 2.97. The van der Waals surface area contributed by atoms with Gasteiger partial charge in [0, 0.05) is 24.6 Å². The second kappa shape index (κ2) is 17.6. The van der Waals surface area contributed by atoms with Crippen molar-refractivity contribution >= 4 is 28.0 Å². The van der Waals surface area contributed by atoms with Crippen LogP contribution in [0.3, 0.4) is 0 Å². The average molecular weight is 702 g/mol. The normalized spacial score (nSPS) is 15.0. The molecule has 48 heavy (non-hydrogen) atoms. The minimum atomic E-state index is -3.73. The number of esters is 1. The Bertz CT molecular complexity index is 1560. The first kappa shape index (κ1) is 39.7. The monoisotopic (exact) mass is 701 g/mol.